The summed E-state index contributed by atoms with van der Waals surface area (Å²) < 4.78 is 5.74. The number of nitrogens with one attached hydrogen (secondary N) is 1. The van der Waals surface area contributed by atoms with Crippen LogP contribution in [0.15, 0.2) is 30.3 Å². The van der Waals surface area contributed by atoms with Crippen molar-refractivity contribution in [3.8, 4) is 0 Å². The molecule has 2 heteroatoms. The van der Waals surface area contributed by atoms with Crippen LogP contribution >= 0.6 is 0 Å². The van der Waals surface area contributed by atoms with Gasteiger partial charge in [0.15, 0.2) is 0 Å². The largest absolute Gasteiger partial charge is 0.378 e. The standard InChI is InChI=1S/C15H23NO/c1-16-12-14(11-15-8-5-9-17-15)10-13-6-3-2-4-7-13/h2-4,6-7,14-16H,5,8-12H2,1H3. The molecule has 1 fully saturated rings. The van der Waals surface area contributed by atoms with Crippen molar-refractivity contribution in [1.29, 1.82) is 0 Å². The first kappa shape index (κ1) is 12.6. The molecule has 1 heterocycles. The summed E-state index contributed by atoms with van der Waals surface area (Å²) in [6, 6.07) is 10.8. The number of rotatable bonds is 6. The average molecular weight is 233 g/mol. The van der Waals surface area contributed by atoms with Crippen molar-refractivity contribution >= 4 is 0 Å². The molecular formula is C15H23NO. The fourth-order valence-corrected chi connectivity index (χ4v) is 2.68. The van der Waals surface area contributed by atoms with E-state index in [4.69, 9.17) is 4.74 Å². The maximum atomic E-state index is 5.74. The summed E-state index contributed by atoms with van der Waals surface area (Å²) >= 11 is 0. The highest BCUT2D eigenvalue weighted by Crippen LogP contribution is 2.22. The third-order valence-corrected chi connectivity index (χ3v) is 3.48. The minimum atomic E-state index is 0.497. The molecule has 2 nitrogen and oxygen atoms in total. The number of hydrogen-bond donors (Lipinski definition) is 1. The lowest BCUT2D eigenvalue weighted by Crippen LogP contribution is -2.25. The predicted octanol–water partition coefficient (Wildman–Crippen LogP) is 2.63. The highest BCUT2D eigenvalue weighted by atomic mass is 16.5. The molecule has 94 valence electrons. The normalized spacial score (nSPS) is 21.6. The minimum Gasteiger partial charge on any atom is -0.378 e. The van der Waals surface area contributed by atoms with Gasteiger partial charge in [0.2, 0.25) is 0 Å². The van der Waals surface area contributed by atoms with Crippen LogP contribution in [-0.2, 0) is 11.2 Å². The molecule has 1 aliphatic rings. The van der Waals surface area contributed by atoms with E-state index in [1.165, 1.54) is 24.8 Å². The van der Waals surface area contributed by atoms with Crippen molar-refractivity contribution < 1.29 is 4.74 Å². The van der Waals surface area contributed by atoms with Crippen LogP contribution in [0.2, 0.25) is 0 Å². The Hall–Kier alpha value is -0.860. The summed E-state index contributed by atoms with van der Waals surface area (Å²) in [6.45, 7) is 2.04. The Kier molecular flexibility index (Phi) is 5.02. The highest BCUT2D eigenvalue weighted by molar-refractivity contribution is 5.15. The number of hydrogen-bond acceptors (Lipinski definition) is 2. The summed E-state index contributed by atoms with van der Waals surface area (Å²) in [5.41, 5.74) is 1.44. The lowest BCUT2D eigenvalue weighted by molar-refractivity contribution is 0.0895. The molecular weight excluding hydrogens is 210 g/mol. The van der Waals surface area contributed by atoms with Gasteiger partial charge < -0.3 is 10.1 Å². The van der Waals surface area contributed by atoms with Crippen molar-refractivity contribution in [3.63, 3.8) is 0 Å². The molecule has 2 atom stereocenters. The van der Waals surface area contributed by atoms with Crippen molar-refractivity contribution in [2.75, 3.05) is 20.2 Å². The summed E-state index contributed by atoms with van der Waals surface area (Å²) in [4.78, 5) is 0. The molecule has 0 aliphatic carbocycles. The van der Waals surface area contributed by atoms with Gasteiger partial charge in [0.25, 0.3) is 0 Å². The zero-order valence-electron chi connectivity index (χ0n) is 10.7. The first-order chi connectivity index (χ1) is 8.38. The second-order valence-corrected chi connectivity index (χ2v) is 4.98. The average Bonchev–Trinajstić information content (AvgIpc) is 2.83. The first-order valence-corrected chi connectivity index (χ1v) is 6.68. The van der Waals surface area contributed by atoms with Crippen molar-refractivity contribution in [1.82, 2.24) is 5.32 Å². The Morgan fingerprint density at radius 1 is 1.35 bits per heavy atom. The van der Waals surface area contributed by atoms with E-state index in [1.54, 1.807) is 0 Å². The van der Waals surface area contributed by atoms with E-state index >= 15 is 0 Å². The van der Waals surface area contributed by atoms with Gasteiger partial charge in [-0.25, -0.2) is 0 Å². The Bertz CT molecular complexity index is 306. The molecule has 1 aromatic rings. The third kappa shape index (κ3) is 4.14. The van der Waals surface area contributed by atoms with E-state index < -0.39 is 0 Å². The minimum absolute atomic E-state index is 0.497. The molecule has 1 saturated heterocycles. The summed E-state index contributed by atoms with van der Waals surface area (Å²) in [6.07, 6.45) is 5.33. The van der Waals surface area contributed by atoms with Gasteiger partial charge in [-0.15, -0.1) is 0 Å². The van der Waals surface area contributed by atoms with E-state index in [0.717, 1.165) is 19.6 Å². The Morgan fingerprint density at radius 2 is 2.18 bits per heavy atom. The third-order valence-electron chi connectivity index (χ3n) is 3.48. The van der Waals surface area contributed by atoms with Gasteiger partial charge in [-0.1, -0.05) is 30.3 Å². The zero-order chi connectivity index (χ0) is 11.9. The van der Waals surface area contributed by atoms with Gasteiger partial charge in [0.1, 0.15) is 0 Å². The molecule has 2 unspecified atom stereocenters. The van der Waals surface area contributed by atoms with Crippen LogP contribution < -0.4 is 5.32 Å². The van der Waals surface area contributed by atoms with Gasteiger partial charge in [-0.2, -0.15) is 0 Å². The number of ether oxygens (including phenoxy) is 1. The van der Waals surface area contributed by atoms with Gasteiger partial charge >= 0.3 is 0 Å². The predicted molar refractivity (Wildman–Crippen MR) is 71.2 cm³/mol. The molecule has 1 N–H and O–H groups in total. The van der Waals surface area contributed by atoms with Gasteiger partial charge in [0, 0.05) is 6.61 Å². The Morgan fingerprint density at radius 3 is 2.82 bits per heavy atom. The van der Waals surface area contributed by atoms with Crippen molar-refractivity contribution in [2.45, 2.75) is 31.8 Å². The van der Waals surface area contributed by atoms with E-state index in [-0.39, 0.29) is 0 Å². The van der Waals surface area contributed by atoms with Crippen molar-refractivity contribution in [3.05, 3.63) is 35.9 Å². The SMILES string of the molecule is CNCC(Cc1ccccc1)CC1CCCO1. The highest BCUT2D eigenvalue weighted by Gasteiger charge is 2.20. The summed E-state index contributed by atoms with van der Waals surface area (Å²) in [7, 11) is 2.04. The van der Waals surface area contributed by atoms with E-state index in [2.05, 4.69) is 35.6 Å². The molecule has 0 radical (unpaired) electrons. The van der Waals surface area contributed by atoms with Crippen LogP contribution in [0.5, 0.6) is 0 Å². The molecule has 0 amide bonds. The molecule has 1 aliphatic heterocycles. The molecule has 1 aromatic carbocycles. The fourth-order valence-electron chi connectivity index (χ4n) is 2.68. The van der Waals surface area contributed by atoms with Crippen LogP contribution in [0.1, 0.15) is 24.8 Å². The monoisotopic (exact) mass is 233 g/mol. The van der Waals surface area contributed by atoms with E-state index in [1.807, 2.05) is 7.05 Å². The maximum Gasteiger partial charge on any atom is 0.0579 e. The molecule has 17 heavy (non-hydrogen) atoms. The topological polar surface area (TPSA) is 21.3 Å². The first-order valence-electron chi connectivity index (χ1n) is 6.68. The smallest absolute Gasteiger partial charge is 0.0579 e. The summed E-state index contributed by atoms with van der Waals surface area (Å²) in [5, 5.41) is 3.31. The molecule has 0 bridgehead atoms. The summed E-state index contributed by atoms with van der Waals surface area (Å²) in [5.74, 6) is 0.686. The van der Waals surface area contributed by atoms with Gasteiger partial charge in [-0.3, -0.25) is 0 Å². The maximum absolute atomic E-state index is 5.74. The van der Waals surface area contributed by atoms with Crippen LogP contribution in [-0.4, -0.2) is 26.3 Å². The number of benzene rings is 1. The van der Waals surface area contributed by atoms with Crippen LogP contribution in [0.25, 0.3) is 0 Å². The molecule has 2 rings (SSSR count). The fraction of sp³-hybridized carbons (Fsp3) is 0.600. The van der Waals surface area contributed by atoms with Gasteiger partial charge in [-0.05, 0) is 50.8 Å². The molecule has 0 spiro atoms. The molecule has 0 aromatic heterocycles. The second-order valence-electron chi connectivity index (χ2n) is 4.98. The van der Waals surface area contributed by atoms with Crippen LogP contribution in [0, 0.1) is 5.92 Å². The second kappa shape index (κ2) is 6.77. The van der Waals surface area contributed by atoms with Crippen LogP contribution in [0.3, 0.4) is 0 Å². The van der Waals surface area contributed by atoms with E-state index in [9.17, 15) is 0 Å². The Balaban J connectivity index is 1.87. The zero-order valence-corrected chi connectivity index (χ0v) is 10.7. The quantitative estimate of drug-likeness (QED) is 0.815. The Labute approximate surface area is 104 Å². The van der Waals surface area contributed by atoms with E-state index in [0.29, 0.717) is 12.0 Å². The van der Waals surface area contributed by atoms with Crippen LogP contribution in [0.4, 0.5) is 0 Å². The lowest BCUT2D eigenvalue weighted by atomic mass is 9.93. The lowest BCUT2D eigenvalue weighted by Gasteiger charge is -2.20. The molecule has 0 saturated carbocycles. The van der Waals surface area contributed by atoms with Gasteiger partial charge in [0.05, 0.1) is 6.10 Å². The van der Waals surface area contributed by atoms with Crippen molar-refractivity contribution in [2.24, 2.45) is 5.92 Å².